The zero-order valence-electron chi connectivity index (χ0n) is 16.0. The second-order valence-corrected chi connectivity index (χ2v) is 6.92. The highest BCUT2D eigenvalue weighted by Crippen LogP contribution is 2.27. The molecule has 10 heteroatoms. The summed E-state index contributed by atoms with van der Waals surface area (Å²) in [5, 5.41) is 14.1. The van der Waals surface area contributed by atoms with Gasteiger partial charge in [0.15, 0.2) is 0 Å². The third kappa shape index (κ3) is 4.77. The molecule has 0 fully saturated rings. The molecular weight excluding hydrogens is 390 g/mol. The Labute approximate surface area is 172 Å². The van der Waals surface area contributed by atoms with Gasteiger partial charge in [0.1, 0.15) is 24.1 Å². The van der Waals surface area contributed by atoms with E-state index < -0.39 is 23.8 Å². The third-order valence-electron chi connectivity index (χ3n) is 4.84. The second kappa shape index (κ2) is 9.12. The normalized spacial score (nSPS) is 18.3. The van der Waals surface area contributed by atoms with Gasteiger partial charge in [-0.25, -0.2) is 9.79 Å². The number of amides is 2. The second-order valence-electron chi connectivity index (χ2n) is 6.92. The summed E-state index contributed by atoms with van der Waals surface area (Å²) < 4.78 is 0. The molecule has 2 aliphatic heterocycles. The lowest BCUT2D eigenvalue weighted by atomic mass is 9.93. The number of aldehydes is 1. The van der Waals surface area contributed by atoms with Crippen molar-refractivity contribution in [2.24, 2.45) is 21.6 Å². The quantitative estimate of drug-likeness (QED) is 0.422. The Morgan fingerprint density at radius 1 is 1.27 bits per heavy atom. The van der Waals surface area contributed by atoms with Crippen molar-refractivity contribution in [2.75, 3.05) is 0 Å². The summed E-state index contributed by atoms with van der Waals surface area (Å²) in [5.74, 6) is -2.06. The van der Waals surface area contributed by atoms with Crippen molar-refractivity contribution in [3.05, 3.63) is 47.2 Å². The SMILES string of the molecule is NC1=NC2=NC=C(CCc3ccc(C(=O)N[C@@H](CCC=O)C(=O)O)cc3)C2C(=O)N1. The zero-order valence-corrected chi connectivity index (χ0v) is 16.0. The van der Waals surface area contributed by atoms with E-state index in [4.69, 9.17) is 10.8 Å². The molecule has 10 nitrogen and oxygen atoms in total. The summed E-state index contributed by atoms with van der Waals surface area (Å²) in [6.45, 7) is 0. The molecule has 5 N–H and O–H groups in total. The van der Waals surface area contributed by atoms with Crippen molar-refractivity contribution < 1.29 is 24.3 Å². The van der Waals surface area contributed by atoms with Crippen molar-refractivity contribution in [2.45, 2.75) is 31.7 Å². The Morgan fingerprint density at radius 2 is 2.00 bits per heavy atom. The molecule has 2 aliphatic rings. The van der Waals surface area contributed by atoms with E-state index in [-0.39, 0.29) is 24.7 Å². The highest BCUT2D eigenvalue weighted by molar-refractivity contribution is 6.19. The summed E-state index contributed by atoms with van der Waals surface area (Å²) >= 11 is 0. The van der Waals surface area contributed by atoms with Crippen LogP contribution in [0, 0.1) is 5.92 Å². The summed E-state index contributed by atoms with van der Waals surface area (Å²) in [4.78, 5) is 54.2. The van der Waals surface area contributed by atoms with Crippen molar-refractivity contribution >= 4 is 35.9 Å². The van der Waals surface area contributed by atoms with E-state index in [9.17, 15) is 19.2 Å². The number of carbonyl (C=O) groups excluding carboxylic acids is 3. The van der Waals surface area contributed by atoms with Crippen LogP contribution < -0.4 is 16.4 Å². The number of nitrogens with one attached hydrogen (secondary N) is 2. The molecule has 3 rings (SSSR count). The van der Waals surface area contributed by atoms with Gasteiger partial charge < -0.3 is 21.0 Å². The molecule has 1 aromatic rings. The molecule has 1 aromatic carbocycles. The molecule has 1 unspecified atom stereocenters. The van der Waals surface area contributed by atoms with Gasteiger partial charge in [-0.05, 0) is 42.5 Å². The summed E-state index contributed by atoms with van der Waals surface area (Å²) in [5.41, 5.74) is 7.63. The molecule has 2 heterocycles. The molecule has 0 bridgehead atoms. The van der Waals surface area contributed by atoms with Crippen LogP contribution in [0.5, 0.6) is 0 Å². The highest BCUT2D eigenvalue weighted by Gasteiger charge is 2.35. The van der Waals surface area contributed by atoms with Crippen LogP contribution in [0.4, 0.5) is 0 Å². The minimum atomic E-state index is -1.19. The molecule has 0 saturated carbocycles. The average Bonchev–Trinajstić information content (AvgIpc) is 3.12. The Morgan fingerprint density at radius 3 is 2.67 bits per heavy atom. The first-order valence-electron chi connectivity index (χ1n) is 9.37. The molecule has 30 heavy (non-hydrogen) atoms. The van der Waals surface area contributed by atoms with Gasteiger partial charge in [0, 0.05) is 18.2 Å². The predicted octanol–water partition coefficient (Wildman–Crippen LogP) is 0.138. The number of aryl methyl sites for hydroxylation is 1. The fourth-order valence-electron chi connectivity index (χ4n) is 3.25. The Hall–Kier alpha value is -3.82. The number of nitrogens with zero attached hydrogens (tertiary/aromatic N) is 2. The molecule has 0 radical (unpaired) electrons. The van der Waals surface area contributed by atoms with Crippen LogP contribution in [0.3, 0.4) is 0 Å². The number of benzene rings is 1. The number of amidine groups is 1. The Balaban J connectivity index is 1.56. The van der Waals surface area contributed by atoms with E-state index in [1.165, 1.54) is 0 Å². The maximum Gasteiger partial charge on any atom is 0.326 e. The van der Waals surface area contributed by atoms with Crippen LogP contribution in [0.25, 0.3) is 0 Å². The lowest BCUT2D eigenvalue weighted by Crippen LogP contribution is -2.47. The van der Waals surface area contributed by atoms with Crippen LogP contribution >= 0.6 is 0 Å². The van der Waals surface area contributed by atoms with E-state index >= 15 is 0 Å². The van der Waals surface area contributed by atoms with Crippen LogP contribution in [0.1, 0.15) is 35.2 Å². The first kappa shape index (κ1) is 20.9. The largest absolute Gasteiger partial charge is 0.480 e. The number of hydrogen-bond donors (Lipinski definition) is 4. The highest BCUT2D eigenvalue weighted by atomic mass is 16.4. The number of fused-ring (bicyclic) bond motifs is 1. The van der Waals surface area contributed by atoms with E-state index in [0.717, 1.165) is 11.1 Å². The zero-order chi connectivity index (χ0) is 21.7. The van der Waals surface area contributed by atoms with Crippen LogP contribution in [-0.2, 0) is 20.8 Å². The van der Waals surface area contributed by atoms with Gasteiger partial charge >= 0.3 is 5.97 Å². The maximum absolute atomic E-state index is 12.3. The van der Waals surface area contributed by atoms with Gasteiger partial charge in [-0.2, -0.15) is 4.99 Å². The number of guanidine groups is 1. The lowest BCUT2D eigenvalue weighted by molar-refractivity contribution is -0.139. The summed E-state index contributed by atoms with van der Waals surface area (Å²) in [6.07, 6.45) is 3.54. The van der Waals surface area contributed by atoms with Crippen molar-refractivity contribution in [1.29, 1.82) is 0 Å². The standard InChI is InChI=1S/C20H21N5O5/c21-20-24-16-15(18(28)25-20)13(10-22-16)8-5-11-3-6-12(7-4-11)17(27)23-14(19(29)30)2-1-9-26/h3-4,6-7,9-10,14-15H,1-2,5,8H2,(H,23,27)(H,29,30)(H3,21,22,24,25,28)/t14-,15?/m0/s1. The molecule has 0 aliphatic carbocycles. The number of hydrogen-bond acceptors (Lipinski definition) is 7. The first-order valence-corrected chi connectivity index (χ1v) is 9.37. The minimum absolute atomic E-state index is 0.0340. The van der Waals surface area contributed by atoms with Gasteiger partial charge in [-0.3, -0.25) is 14.9 Å². The number of nitrogens with two attached hydrogens (primary N) is 1. The predicted molar refractivity (Wildman–Crippen MR) is 108 cm³/mol. The number of carboxylic acids is 1. The molecule has 156 valence electrons. The average molecular weight is 411 g/mol. The third-order valence-corrected chi connectivity index (χ3v) is 4.84. The molecule has 0 spiro atoms. The van der Waals surface area contributed by atoms with E-state index in [1.54, 1.807) is 30.5 Å². The Kier molecular flexibility index (Phi) is 6.35. The number of rotatable bonds is 9. The van der Waals surface area contributed by atoms with Crippen molar-refractivity contribution in [1.82, 2.24) is 10.6 Å². The van der Waals surface area contributed by atoms with Gasteiger partial charge in [0.2, 0.25) is 11.9 Å². The molecule has 2 atom stereocenters. The van der Waals surface area contributed by atoms with Crippen LogP contribution in [0.2, 0.25) is 0 Å². The molecule has 0 aromatic heterocycles. The summed E-state index contributed by atoms with van der Waals surface area (Å²) in [7, 11) is 0. The number of aliphatic imine (C=N–C) groups is 2. The smallest absolute Gasteiger partial charge is 0.326 e. The number of carboxylic acid groups (broad SMARTS) is 1. The molecule has 0 saturated heterocycles. The summed E-state index contributed by atoms with van der Waals surface area (Å²) in [6, 6.07) is 5.62. The fraction of sp³-hybridized carbons (Fsp3) is 0.300. The van der Waals surface area contributed by atoms with E-state index in [0.29, 0.717) is 30.5 Å². The van der Waals surface area contributed by atoms with E-state index in [2.05, 4.69) is 20.6 Å². The Bertz CT molecular complexity index is 964. The van der Waals surface area contributed by atoms with Crippen molar-refractivity contribution in [3.8, 4) is 0 Å². The molecular formula is C20H21N5O5. The van der Waals surface area contributed by atoms with Gasteiger partial charge in [-0.15, -0.1) is 0 Å². The topological polar surface area (TPSA) is 163 Å². The monoisotopic (exact) mass is 411 g/mol. The number of carbonyl (C=O) groups is 4. The fourth-order valence-corrected chi connectivity index (χ4v) is 3.25. The number of aliphatic carboxylic acids is 1. The van der Waals surface area contributed by atoms with Gasteiger partial charge in [0.25, 0.3) is 5.91 Å². The van der Waals surface area contributed by atoms with Crippen molar-refractivity contribution in [3.63, 3.8) is 0 Å². The minimum Gasteiger partial charge on any atom is -0.480 e. The first-order chi connectivity index (χ1) is 14.4. The van der Waals surface area contributed by atoms with Gasteiger partial charge in [-0.1, -0.05) is 12.1 Å². The van der Waals surface area contributed by atoms with Gasteiger partial charge in [0.05, 0.1) is 0 Å². The lowest BCUT2D eigenvalue weighted by Gasteiger charge is -2.19. The molecule has 2 amide bonds. The van der Waals surface area contributed by atoms with Crippen LogP contribution in [-0.4, -0.2) is 47.0 Å². The van der Waals surface area contributed by atoms with Crippen LogP contribution in [0.15, 0.2) is 46.0 Å². The maximum atomic E-state index is 12.3. The van der Waals surface area contributed by atoms with E-state index in [1.807, 2.05) is 0 Å².